The lowest BCUT2D eigenvalue weighted by Crippen LogP contribution is -2.22. The van der Waals surface area contributed by atoms with Crippen LogP contribution in [0.2, 0.25) is 0 Å². The molecular formula is C41H44N4O7S. The lowest BCUT2D eigenvalue weighted by Gasteiger charge is -2.12. The van der Waals surface area contributed by atoms with Crippen LogP contribution in [0.25, 0.3) is 44.1 Å². The van der Waals surface area contributed by atoms with E-state index in [1.165, 1.54) is 31.1 Å². The summed E-state index contributed by atoms with van der Waals surface area (Å²) in [6, 6.07) is 25.0. The van der Waals surface area contributed by atoms with Gasteiger partial charge in [0, 0.05) is 55.7 Å². The van der Waals surface area contributed by atoms with Crippen LogP contribution < -0.4 is 0 Å². The number of carbonyl (C=O) groups is 3. The van der Waals surface area contributed by atoms with Crippen molar-refractivity contribution in [2.45, 2.75) is 44.4 Å². The molecule has 0 spiro atoms. The molecule has 0 atom stereocenters. The summed E-state index contributed by atoms with van der Waals surface area (Å²) in [6.07, 6.45) is 0. The van der Waals surface area contributed by atoms with Crippen LogP contribution in [0, 0.1) is 0 Å². The molecule has 2 aromatic heterocycles. The van der Waals surface area contributed by atoms with Gasteiger partial charge in [0.2, 0.25) is 10.0 Å². The number of benzene rings is 4. The summed E-state index contributed by atoms with van der Waals surface area (Å²) >= 11 is 0. The number of para-hydroxylation sites is 2. The Balaban J connectivity index is 0.000000204. The van der Waals surface area contributed by atoms with Crippen LogP contribution in [-0.4, -0.2) is 83.8 Å². The van der Waals surface area contributed by atoms with Crippen molar-refractivity contribution in [3.05, 3.63) is 113 Å². The first-order valence-electron chi connectivity index (χ1n) is 17.1. The topological polar surface area (TPSA) is 164 Å². The maximum absolute atomic E-state index is 12.3. The summed E-state index contributed by atoms with van der Waals surface area (Å²) in [6.45, 7) is 8.27. The fourth-order valence-corrected chi connectivity index (χ4v) is 7.31. The summed E-state index contributed by atoms with van der Waals surface area (Å²) in [7, 11) is 2.80. The van der Waals surface area contributed by atoms with Gasteiger partial charge in [0.05, 0.1) is 15.9 Å². The van der Waals surface area contributed by atoms with E-state index in [1.54, 1.807) is 50.5 Å². The first-order valence-corrected chi connectivity index (χ1v) is 18.5. The Bertz CT molecular complexity index is 2440. The molecule has 0 unspecified atom stereocenters. The molecule has 0 fully saturated rings. The molecule has 0 bridgehead atoms. The third-order valence-corrected chi connectivity index (χ3v) is 11.0. The Morgan fingerprint density at radius 3 is 1.34 bits per heavy atom. The van der Waals surface area contributed by atoms with Gasteiger partial charge in [-0.3, -0.25) is 4.79 Å². The van der Waals surface area contributed by atoms with Crippen molar-refractivity contribution in [3.63, 3.8) is 0 Å². The van der Waals surface area contributed by atoms with Gasteiger partial charge in [-0.2, -0.15) is 0 Å². The fourth-order valence-electron chi connectivity index (χ4n) is 6.41. The Kier molecular flexibility index (Phi) is 11.0. The molecule has 0 saturated heterocycles. The highest BCUT2D eigenvalue weighted by atomic mass is 32.2. The molecule has 1 amide bonds. The average molecular weight is 737 g/mol. The second kappa shape index (κ2) is 15.1. The SMILES string of the molecule is CC(C)c1cccc2c(-c3ccc(C(=O)N(C)C)cc3)c(C(=O)O)[nH]c12.CC(C)c1cccc2c(-c3ccc(S(=O)(=O)N(C)C)cc3)c(C(=O)O)[nH]c12. The molecule has 0 radical (unpaired) electrons. The van der Waals surface area contributed by atoms with E-state index in [0.29, 0.717) is 22.3 Å². The molecule has 6 rings (SSSR count). The number of carboxylic acids is 2. The predicted molar refractivity (Wildman–Crippen MR) is 208 cm³/mol. The molecule has 12 heteroatoms. The molecule has 4 N–H and O–H groups in total. The monoisotopic (exact) mass is 736 g/mol. The van der Waals surface area contributed by atoms with Crippen molar-refractivity contribution in [1.29, 1.82) is 0 Å². The van der Waals surface area contributed by atoms with Crippen LogP contribution in [-0.2, 0) is 10.0 Å². The third kappa shape index (κ3) is 7.46. The molecule has 0 aliphatic heterocycles. The van der Waals surface area contributed by atoms with E-state index in [9.17, 15) is 33.0 Å². The molecule has 2 heterocycles. The third-order valence-electron chi connectivity index (χ3n) is 9.15. The first-order chi connectivity index (χ1) is 24.9. The molecular weight excluding hydrogens is 693 g/mol. The van der Waals surface area contributed by atoms with Gasteiger partial charge >= 0.3 is 11.9 Å². The lowest BCUT2D eigenvalue weighted by molar-refractivity contribution is 0.0681. The molecule has 276 valence electrons. The van der Waals surface area contributed by atoms with Crippen LogP contribution in [0.4, 0.5) is 0 Å². The maximum atomic E-state index is 12.3. The van der Waals surface area contributed by atoms with Gasteiger partial charge in [0.25, 0.3) is 5.91 Å². The van der Waals surface area contributed by atoms with Crippen LogP contribution in [0.1, 0.15) is 82.0 Å². The fraction of sp³-hybridized carbons (Fsp3) is 0.244. The molecule has 0 saturated carbocycles. The second-order valence-corrected chi connectivity index (χ2v) is 15.9. The molecule has 53 heavy (non-hydrogen) atoms. The highest BCUT2D eigenvalue weighted by Gasteiger charge is 2.24. The van der Waals surface area contributed by atoms with Crippen molar-refractivity contribution in [1.82, 2.24) is 19.2 Å². The van der Waals surface area contributed by atoms with Crippen molar-refractivity contribution in [2.24, 2.45) is 0 Å². The average Bonchev–Trinajstić information content (AvgIpc) is 3.71. The Morgan fingerprint density at radius 2 is 1.00 bits per heavy atom. The number of hydrogen-bond donors (Lipinski definition) is 4. The minimum Gasteiger partial charge on any atom is -0.477 e. The molecule has 6 aromatic rings. The number of carboxylic acid groups (broad SMARTS) is 2. The van der Waals surface area contributed by atoms with E-state index >= 15 is 0 Å². The number of hydrogen-bond acceptors (Lipinski definition) is 5. The van der Waals surface area contributed by atoms with E-state index in [4.69, 9.17) is 0 Å². The second-order valence-electron chi connectivity index (χ2n) is 13.8. The van der Waals surface area contributed by atoms with Gasteiger partial charge in [-0.15, -0.1) is 0 Å². The smallest absolute Gasteiger partial charge is 0.352 e. The summed E-state index contributed by atoms with van der Waals surface area (Å²) in [5, 5.41) is 21.0. The molecule has 4 aromatic carbocycles. The van der Waals surface area contributed by atoms with Crippen molar-refractivity contribution < 1.29 is 33.0 Å². The summed E-state index contributed by atoms with van der Waals surface area (Å²) in [5.41, 5.74) is 7.23. The summed E-state index contributed by atoms with van der Waals surface area (Å²) < 4.78 is 25.7. The van der Waals surface area contributed by atoms with Gasteiger partial charge in [0.1, 0.15) is 11.4 Å². The Hall–Kier alpha value is -5.72. The number of H-pyrrole nitrogens is 2. The molecule has 11 nitrogen and oxygen atoms in total. The Morgan fingerprint density at radius 1 is 0.604 bits per heavy atom. The van der Waals surface area contributed by atoms with Crippen LogP contribution in [0.5, 0.6) is 0 Å². The zero-order valence-corrected chi connectivity index (χ0v) is 31.8. The quantitative estimate of drug-likeness (QED) is 0.116. The van der Waals surface area contributed by atoms with E-state index in [0.717, 1.165) is 42.8 Å². The number of sulfonamides is 1. The highest BCUT2D eigenvalue weighted by molar-refractivity contribution is 7.89. The normalized spacial score (nSPS) is 11.7. The van der Waals surface area contributed by atoms with Crippen molar-refractivity contribution >= 4 is 49.7 Å². The molecule has 0 aliphatic carbocycles. The number of nitrogens with one attached hydrogen (secondary N) is 2. The van der Waals surface area contributed by atoms with E-state index in [2.05, 4.69) is 37.7 Å². The number of aromatic carboxylic acids is 2. The number of nitrogens with zero attached hydrogens (tertiary/aromatic N) is 2. The Labute approximate surface area is 308 Å². The first kappa shape index (κ1) is 38.5. The minimum absolute atomic E-state index is 0.0870. The largest absolute Gasteiger partial charge is 0.477 e. The van der Waals surface area contributed by atoms with Gasteiger partial charge in [-0.25, -0.2) is 22.3 Å². The van der Waals surface area contributed by atoms with E-state index in [1.807, 2.05) is 36.4 Å². The van der Waals surface area contributed by atoms with Crippen LogP contribution >= 0.6 is 0 Å². The van der Waals surface area contributed by atoms with Crippen LogP contribution in [0.3, 0.4) is 0 Å². The lowest BCUT2D eigenvalue weighted by atomic mass is 9.96. The molecule has 0 aliphatic rings. The standard InChI is InChI=1S/C21H22N2O3.C20H22N2O4S/c1-12(2)15-6-5-7-16-17(19(21(25)26)22-18(15)16)13-8-10-14(11-9-13)20(24)23(3)4;1-12(2)15-6-5-7-16-17(19(20(23)24)21-18(15)16)13-8-10-14(11-9-13)27(25,26)22(3)4/h5-12,22H,1-4H3,(H,25,26);5-12,21H,1-4H3,(H,23,24). The predicted octanol–water partition coefficient (Wildman–Crippen LogP) is 8.27. The van der Waals surface area contributed by atoms with Crippen LogP contribution in [0.15, 0.2) is 89.8 Å². The zero-order valence-electron chi connectivity index (χ0n) is 31.0. The summed E-state index contributed by atoms with van der Waals surface area (Å²) in [5.74, 6) is -1.64. The van der Waals surface area contributed by atoms with E-state index in [-0.39, 0.29) is 34.0 Å². The van der Waals surface area contributed by atoms with Gasteiger partial charge < -0.3 is 25.1 Å². The van der Waals surface area contributed by atoms with Gasteiger partial charge in [-0.05, 0) is 58.4 Å². The zero-order chi connectivity index (χ0) is 38.9. The van der Waals surface area contributed by atoms with Crippen molar-refractivity contribution in [2.75, 3.05) is 28.2 Å². The van der Waals surface area contributed by atoms with Gasteiger partial charge in [-0.1, -0.05) is 88.4 Å². The number of aromatic amines is 2. The number of carbonyl (C=O) groups excluding carboxylic acids is 1. The van der Waals surface area contributed by atoms with Crippen molar-refractivity contribution in [3.8, 4) is 22.3 Å². The maximum Gasteiger partial charge on any atom is 0.352 e. The minimum atomic E-state index is -3.54. The highest BCUT2D eigenvalue weighted by Crippen LogP contribution is 2.38. The number of rotatable bonds is 9. The van der Waals surface area contributed by atoms with E-state index < -0.39 is 22.0 Å². The number of fused-ring (bicyclic) bond motifs is 2. The van der Waals surface area contributed by atoms with Gasteiger partial charge in [0.15, 0.2) is 0 Å². The summed E-state index contributed by atoms with van der Waals surface area (Å²) in [4.78, 5) is 43.5. The number of aromatic nitrogens is 2. The number of amides is 1.